The number of rotatable bonds is 8. The summed E-state index contributed by atoms with van der Waals surface area (Å²) in [6.07, 6.45) is 9.04. The van der Waals surface area contributed by atoms with Crippen LogP contribution < -0.4 is 10.1 Å². The lowest BCUT2D eigenvalue weighted by Gasteiger charge is -2.32. The van der Waals surface area contributed by atoms with Gasteiger partial charge in [0.05, 0.1) is 0 Å². The number of thiazole rings is 1. The zero-order valence-electron chi connectivity index (χ0n) is 18.4. The Morgan fingerprint density at radius 2 is 2.00 bits per heavy atom. The Morgan fingerprint density at radius 3 is 2.78 bits per heavy atom. The van der Waals surface area contributed by atoms with Gasteiger partial charge in [0, 0.05) is 29.7 Å². The van der Waals surface area contributed by atoms with E-state index in [0.717, 1.165) is 30.0 Å². The molecule has 0 radical (unpaired) electrons. The fourth-order valence-electron chi connectivity index (χ4n) is 3.77. The average molecular weight is 448 g/mol. The molecule has 1 fully saturated rings. The molecule has 0 saturated carbocycles. The molecule has 0 aliphatic carbocycles. The van der Waals surface area contributed by atoms with Crippen LogP contribution in [0.4, 0.5) is 5.13 Å². The number of amides is 1. The van der Waals surface area contributed by atoms with Crippen LogP contribution in [0, 0.1) is 0 Å². The first-order chi connectivity index (χ1) is 15.7. The molecule has 1 N–H and O–H groups in total. The highest BCUT2D eigenvalue weighted by Crippen LogP contribution is 2.24. The maximum Gasteiger partial charge on any atom is 0.250 e. The molecule has 0 bridgehead atoms. The number of nitrogens with zero attached hydrogens (tertiary/aromatic N) is 2. The number of carbonyl (C=O) groups is 1. The largest absolute Gasteiger partial charge is 0.489 e. The summed E-state index contributed by atoms with van der Waals surface area (Å²) in [4.78, 5) is 20.3. The van der Waals surface area contributed by atoms with Crippen LogP contribution in [0.5, 0.6) is 5.75 Å². The van der Waals surface area contributed by atoms with E-state index in [-0.39, 0.29) is 5.91 Å². The Bertz CT molecular complexity index is 1030. The first kappa shape index (κ1) is 22.2. The monoisotopic (exact) mass is 447 g/mol. The van der Waals surface area contributed by atoms with E-state index in [1.165, 1.54) is 30.2 Å². The molecule has 166 valence electrons. The lowest BCUT2D eigenvalue weighted by molar-refractivity contribution is -0.111. The highest BCUT2D eigenvalue weighted by molar-refractivity contribution is 7.15. The van der Waals surface area contributed by atoms with Crippen LogP contribution in [0.2, 0.25) is 0 Å². The third kappa shape index (κ3) is 6.52. The molecule has 1 amide bonds. The molecule has 1 aliphatic rings. The van der Waals surface area contributed by atoms with E-state index >= 15 is 0 Å². The van der Waals surface area contributed by atoms with Crippen molar-refractivity contribution in [2.75, 3.05) is 11.9 Å². The number of nitrogens with one attached hydrogen (secondary N) is 1. The van der Waals surface area contributed by atoms with Gasteiger partial charge in [0.2, 0.25) is 5.91 Å². The normalized spacial score (nSPS) is 16.8. The van der Waals surface area contributed by atoms with Crippen molar-refractivity contribution >= 4 is 28.5 Å². The van der Waals surface area contributed by atoms with Gasteiger partial charge in [-0.3, -0.25) is 15.0 Å². The zero-order valence-corrected chi connectivity index (χ0v) is 19.2. The predicted molar refractivity (Wildman–Crippen MR) is 131 cm³/mol. The summed E-state index contributed by atoms with van der Waals surface area (Å²) in [5, 5.41) is 3.51. The second-order valence-electron chi connectivity index (χ2n) is 8.11. The summed E-state index contributed by atoms with van der Waals surface area (Å²) >= 11 is 1.55. The van der Waals surface area contributed by atoms with E-state index in [4.69, 9.17) is 4.74 Å². The summed E-state index contributed by atoms with van der Waals surface area (Å²) in [5.41, 5.74) is 2.06. The lowest BCUT2D eigenvalue weighted by Crippen LogP contribution is -2.36. The zero-order chi connectivity index (χ0) is 22.2. The van der Waals surface area contributed by atoms with Crippen molar-refractivity contribution < 1.29 is 9.53 Å². The van der Waals surface area contributed by atoms with Crippen molar-refractivity contribution in [2.24, 2.45) is 0 Å². The third-order valence-electron chi connectivity index (χ3n) is 5.64. The number of ether oxygens (including phenoxy) is 1. The van der Waals surface area contributed by atoms with Gasteiger partial charge >= 0.3 is 0 Å². The molecule has 2 heterocycles. The number of benzene rings is 2. The third-order valence-corrected chi connectivity index (χ3v) is 6.54. The van der Waals surface area contributed by atoms with Crippen molar-refractivity contribution in [3.8, 4) is 5.75 Å². The molecule has 2 aromatic carbocycles. The van der Waals surface area contributed by atoms with Gasteiger partial charge in [-0.25, -0.2) is 4.98 Å². The molecule has 1 unspecified atom stereocenters. The maximum atomic E-state index is 12.3. The Labute approximate surface area is 193 Å². The summed E-state index contributed by atoms with van der Waals surface area (Å²) in [7, 11) is 0. The molecule has 32 heavy (non-hydrogen) atoms. The first-order valence-corrected chi connectivity index (χ1v) is 11.9. The minimum atomic E-state index is -0.179. The van der Waals surface area contributed by atoms with Gasteiger partial charge in [-0.05, 0) is 55.6 Å². The molecular weight excluding hydrogens is 418 g/mol. The molecular formula is C26H29N3O2S. The van der Waals surface area contributed by atoms with E-state index in [1.807, 2.05) is 60.8 Å². The quantitative estimate of drug-likeness (QED) is 0.447. The van der Waals surface area contributed by atoms with Crippen molar-refractivity contribution in [3.63, 3.8) is 0 Å². The van der Waals surface area contributed by atoms with Gasteiger partial charge in [-0.15, -0.1) is 11.3 Å². The molecule has 5 nitrogen and oxygen atoms in total. The molecule has 1 aromatic heterocycles. The number of carbonyl (C=O) groups excluding carboxylic acids is 1. The van der Waals surface area contributed by atoms with Gasteiger partial charge in [-0.1, -0.05) is 48.9 Å². The summed E-state index contributed by atoms with van der Waals surface area (Å²) in [6, 6.07) is 18.4. The number of hydrogen-bond donors (Lipinski definition) is 1. The summed E-state index contributed by atoms with van der Waals surface area (Å²) < 4.78 is 5.80. The summed E-state index contributed by atoms with van der Waals surface area (Å²) in [5.74, 6) is 0.621. The van der Waals surface area contributed by atoms with Gasteiger partial charge in [-0.2, -0.15) is 0 Å². The van der Waals surface area contributed by atoms with E-state index < -0.39 is 0 Å². The minimum absolute atomic E-state index is 0.179. The predicted octanol–water partition coefficient (Wildman–Crippen LogP) is 5.75. The van der Waals surface area contributed by atoms with Crippen LogP contribution in [0.3, 0.4) is 0 Å². The first-order valence-electron chi connectivity index (χ1n) is 11.1. The average Bonchev–Trinajstić information content (AvgIpc) is 3.26. The number of hydrogen-bond acceptors (Lipinski definition) is 5. The van der Waals surface area contributed by atoms with Crippen molar-refractivity contribution in [1.82, 2.24) is 9.88 Å². The Hall–Kier alpha value is -2.96. The van der Waals surface area contributed by atoms with Crippen molar-refractivity contribution in [3.05, 3.63) is 82.9 Å². The standard InChI is InChI=1S/C26H29N3O2S/c1-20-7-5-6-16-29(20)18-24-17-27-26(32-24)28-25(30)15-12-21-10-13-23(14-11-21)31-19-22-8-3-2-4-9-22/h2-4,8-15,17,20H,5-7,16,18-19H2,1H3,(H,27,28,30)/b15-12+. The van der Waals surface area contributed by atoms with Crippen LogP contribution >= 0.6 is 11.3 Å². The fourth-order valence-corrected chi connectivity index (χ4v) is 4.61. The van der Waals surface area contributed by atoms with Gasteiger partial charge in [0.1, 0.15) is 12.4 Å². The van der Waals surface area contributed by atoms with Crippen LogP contribution in [0.1, 0.15) is 42.2 Å². The Morgan fingerprint density at radius 1 is 1.19 bits per heavy atom. The van der Waals surface area contributed by atoms with Crippen LogP contribution in [0.15, 0.2) is 66.9 Å². The molecule has 1 atom stereocenters. The van der Waals surface area contributed by atoms with Crippen LogP contribution in [0.25, 0.3) is 6.08 Å². The van der Waals surface area contributed by atoms with Gasteiger partial charge < -0.3 is 4.74 Å². The highest BCUT2D eigenvalue weighted by Gasteiger charge is 2.19. The molecule has 0 spiro atoms. The molecule has 1 aliphatic heterocycles. The minimum Gasteiger partial charge on any atom is -0.489 e. The van der Waals surface area contributed by atoms with E-state index in [2.05, 4.69) is 22.1 Å². The van der Waals surface area contributed by atoms with Crippen molar-refractivity contribution in [2.45, 2.75) is 45.4 Å². The van der Waals surface area contributed by atoms with Gasteiger partial charge in [0.25, 0.3) is 0 Å². The second-order valence-corrected chi connectivity index (χ2v) is 9.23. The van der Waals surface area contributed by atoms with E-state index in [1.54, 1.807) is 17.4 Å². The van der Waals surface area contributed by atoms with Crippen molar-refractivity contribution in [1.29, 1.82) is 0 Å². The lowest BCUT2D eigenvalue weighted by atomic mass is 10.0. The summed E-state index contributed by atoms with van der Waals surface area (Å²) in [6.45, 7) is 4.86. The highest BCUT2D eigenvalue weighted by atomic mass is 32.1. The Kier molecular flexibility index (Phi) is 7.69. The van der Waals surface area contributed by atoms with E-state index in [0.29, 0.717) is 17.8 Å². The SMILES string of the molecule is CC1CCCCN1Cc1cnc(NC(=O)/C=C/c2ccc(OCc3ccccc3)cc2)s1. The number of piperidine rings is 1. The van der Waals surface area contributed by atoms with Crippen LogP contribution in [-0.2, 0) is 17.9 Å². The number of likely N-dealkylation sites (tertiary alicyclic amines) is 1. The van der Waals surface area contributed by atoms with Gasteiger partial charge in [0.15, 0.2) is 5.13 Å². The molecule has 6 heteroatoms. The second kappa shape index (κ2) is 11.1. The van der Waals surface area contributed by atoms with Crippen LogP contribution in [-0.4, -0.2) is 28.4 Å². The number of anilines is 1. The molecule has 3 aromatic rings. The molecule has 4 rings (SSSR count). The topological polar surface area (TPSA) is 54.5 Å². The fraction of sp³-hybridized carbons (Fsp3) is 0.308. The van der Waals surface area contributed by atoms with E-state index in [9.17, 15) is 4.79 Å². The molecule has 1 saturated heterocycles. The smallest absolute Gasteiger partial charge is 0.250 e. The number of aromatic nitrogens is 1. The maximum absolute atomic E-state index is 12.3. The Balaban J connectivity index is 1.25.